The van der Waals surface area contributed by atoms with Crippen molar-refractivity contribution in [2.24, 2.45) is 0 Å². The second-order valence-corrected chi connectivity index (χ2v) is 14.2. The van der Waals surface area contributed by atoms with Crippen LogP contribution in [0.2, 0.25) is 0 Å². The maximum atomic E-state index is 13.8. The van der Waals surface area contributed by atoms with E-state index in [1.165, 1.54) is 18.0 Å². The van der Waals surface area contributed by atoms with Crippen LogP contribution in [-0.2, 0) is 9.59 Å². The SMILES string of the molecule is CC(C)(Sc1ccnc(OC(=O)C(C)(C)Sc2ccncc2-c2ccnc3ccccc23)c1-c1cccc(C#N)c1)C(=O)O. The molecule has 5 aromatic rings. The molecule has 5 rings (SSSR count). The van der Waals surface area contributed by atoms with E-state index in [1.54, 1.807) is 76.6 Å². The normalized spacial score (nSPS) is 11.6. The average molecular weight is 621 g/mol. The summed E-state index contributed by atoms with van der Waals surface area (Å²) >= 11 is 2.45. The number of aromatic nitrogens is 3. The second-order valence-electron chi connectivity index (χ2n) is 10.8. The Morgan fingerprint density at radius 2 is 1.57 bits per heavy atom. The van der Waals surface area contributed by atoms with Crippen molar-refractivity contribution in [2.75, 3.05) is 0 Å². The lowest BCUT2D eigenvalue weighted by molar-refractivity contribution is -0.139. The first-order valence-corrected chi connectivity index (χ1v) is 15.2. The number of para-hydroxylation sites is 1. The Kier molecular flexibility index (Phi) is 8.72. The fraction of sp³-hybridized carbons (Fsp3) is 0.176. The van der Waals surface area contributed by atoms with Gasteiger partial charge in [0.05, 0.1) is 22.7 Å². The van der Waals surface area contributed by atoms with Gasteiger partial charge in [-0.25, -0.2) is 4.98 Å². The Bertz CT molecular complexity index is 1930. The van der Waals surface area contributed by atoms with E-state index in [9.17, 15) is 20.0 Å². The highest BCUT2D eigenvalue weighted by atomic mass is 32.2. The lowest BCUT2D eigenvalue weighted by Gasteiger charge is -2.25. The van der Waals surface area contributed by atoms with E-state index in [0.29, 0.717) is 21.6 Å². The highest BCUT2D eigenvalue weighted by Gasteiger charge is 2.35. The zero-order valence-corrected chi connectivity index (χ0v) is 26.1. The van der Waals surface area contributed by atoms with Gasteiger partial charge in [0, 0.05) is 45.5 Å². The Morgan fingerprint density at radius 1 is 0.841 bits per heavy atom. The number of benzene rings is 2. The number of aliphatic carboxylic acids is 1. The number of rotatable bonds is 9. The van der Waals surface area contributed by atoms with Gasteiger partial charge in [-0.15, -0.1) is 23.5 Å². The molecule has 0 aliphatic carbocycles. The molecule has 0 unspecified atom stereocenters. The molecule has 2 aromatic carbocycles. The Morgan fingerprint density at radius 3 is 2.34 bits per heavy atom. The summed E-state index contributed by atoms with van der Waals surface area (Å²) < 4.78 is 3.74. The summed E-state index contributed by atoms with van der Waals surface area (Å²) in [6, 6.07) is 22.3. The number of hydrogen-bond donors (Lipinski definition) is 1. The topological polar surface area (TPSA) is 126 Å². The minimum Gasteiger partial charge on any atom is -0.480 e. The smallest absolute Gasteiger partial charge is 0.328 e. The van der Waals surface area contributed by atoms with Gasteiger partial charge in [-0.3, -0.25) is 19.6 Å². The summed E-state index contributed by atoms with van der Waals surface area (Å²) in [5.74, 6) is -1.52. The van der Waals surface area contributed by atoms with Crippen molar-refractivity contribution >= 4 is 46.4 Å². The lowest BCUT2D eigenvalue weighted by Crippen LogP contribution is -2.33. The van der Waals surface area contributed by atoms with E-state index < -0.39 is 21.4 Å². The first-order valence-electron chi connectivity index (χ1n) is 13.6. The van der Waals surface area contributed by atoms with E-state index in [2.05, 4.69) is 21.0 Å². The molecule has 220 valence electrons. The largest absolute Gasteiger partial charge is 0.480 e. The number of hydrogen-bond acceptors (Lipinski definition) is 9. The van der Waals surface area contributed by atoms with E-state index in [-0.39, 0.29) is 5.88 Å². The molecular formula is C34H28N4O4S2. The summed E-state index contributed by atoms with van der Waals surface area (Å²) in [7, 11) is 0. The average Bonchev–Trinajstić information content (AvgIpc) is 3.01. The number of ether oxygens (including phenoxy) is 1. The van der Waals surface area contributed by atoms with Gasteiger partial charge in [-0.2, -0.15) is 5.26 Å². The molecule has 0 fully saturated rings. The van der Waals surface area contributed by atoms with Gasteiger partial charge in [0.25, 0.3) is 0 Å². The molecule has 1 N–H and O–H groups in total. The molecule has 44 heavy (non-hydrogen) atoms. The van der Waals surface area contributed by atoms with Crippen molar-refractivity contribution in [3.8, 4) is 34.2 Å². The Labute approximate surface area is 263 Å². The van der Waals surface area contributed by atoms with E-state index in [1.807, 2.05) is 36.4 Å². The van der Waals surface area contributed by atoms with E-state index in [0.717, 1.165) is 38.7 Å². The predicted molar refractivity (Wildman–Crippen MR) is 173 cm³/mol. The van der Waals surface area contributed by atoms with Crippen LogP contribution >= 0.6 is 23.5 Å². The van der Waals surface area contributed by atoms with Crippen LogP contribution in [0.15, 0.2) is 101 Å². The lowest BCUT2D eigenvalue weighted by atomic mass is 10.0. The minimum absolute atomic E-state index is 0.0278. The van der Waals surface area contributed by atoms with Crippen molar-refractivity contribution in [2.45, 2.75) is 47.0 Å². The number of esters is 1. The number of carboxylic acid groups (broad SMARTS) is 1. The zero-order valence-electron chi connectivity index (χ0n) is 24.4. The molecule has 10 heteroatoms. The molecule has 8 nitrogen and oxygen atoms in total. The number of nitriles is 1. The summed E-state index contributed by atoms with van der Waals surface area (Å²) in [4.78, 5) is 40.4. The van der Waals surface area contributed by atoms with Crippen LogP contribution in [0.1, 0.15) is 33.3 Å². The second kappa shape index (κ2) is 12.5. The first-order chi connectivity index (χ1) is 21.0. The molecule has 0 aliphatic heterocycles. The number of carbonyl (C=O) groups is 2. The van der Waals surface area contributed by atoms with Crippen molar-refractivity contribution in [1.29, 1.82) is 5.26 Å². The van der Waals surface area contributed by atoms with Gasteiger partial charge < -0.3 is 9.84 Å². The highest BCUT2D eigenvalue weighted by Crippen LogP contribution is 2.45. The van der Waals surface area contributed by atoms with Crippen molar-refractivity contribution in [1.82, 2.24) is 15.0 Å². The number of thioether (sulfide) groups is 2. The summed E-state index contributed by atoms with van der Waals surface area (Å²) in [5.41, 5.74) is 4.08. The molecular weight excluding hydrogens is 593 g/mol. The van der Waals surface area contributed by atoms with Crippen LogP contribution in [-0.4, -0.2) is 41.5 Å². The third-order valence-electron chi connectivity index (χ3n) is 6.80. The molecule has 0 atom stereocenters. The minimum atomic E-state index is -1.19. The zero-order chi connectivity index (χ0) is 31.5. The number of carboxylic acids is 1. The fourth-order valence-electron chi connectivity index (χ4n) is 4.45. The highest BCUT2D eigenvalue weighted by molar-refractivity contribution is 8.01. The van der Waals surface area contributed by atoms with Gasteiger partial charge in [-0.05, 0) is 75.2 Å². The summed E-state index contributed by atoms with van der Waals surface area (Å²) in [5, 5.41) is 20.3. The Balaban J connectivity index is 1.51. The maximum absolute atomic E-state index is 13.8. The van der Waals surface area contributed by atoms with Crippen LogP contribution in [0.25, 0.3) is 33.2 Å². The van der Waals surface area contributed by atoms with Crippen LogP contribution < -0.4 is 4.74 Å². The van der Waals surface area contributed by atoms with Crippen LogP contribution in [0.4, 0.5) is 0 Å². The molecule has 0 amide bonds. The van der Waals surface area contributed by atoms with Crippen molar-refractivity contribution in [3.05, 3.63) is 97.1 Å². The molecule has 0 aliphatic rings. The van der Waals surface area contributed by atoms with Gasteiger partial charge >= 0.3 is 11.9 Å². The third-order valence-corrected chi connectivity index (χ3v) is 9.30. The fourth-order valence-corrected chi connectivity index (χ4v) is 6.60. The van der Waals surface area contributed by atoms with Crippen LogP contribution in [0.5, 0.6) is 5.88 Å². The monoisotopic (exact) mass is 620 g/mol. The summed E-state index contributed by atoms with van der Waals surface area (Å²) in [6.07, 6.45) is 6.70. The van der Waals surface area contributed by atoms with Crippen molar-refractivity contribution < 1.29 is 19.4 Å². The third kappa shape index (κ3) is 6.44. The van der Waals surface area contributed by atoms with Gasteiger partial charge in [0.1, 0.15) is 9.49 Å². The quantitative estimate of drug-likeness (QED) is 0.130. The number of nitrogens with zero attached hydrogens (tertiary/aromatic N) is 4. The van der Waals surface area contributed by atoms with Crippen LogP contribution in [0, 0.1) is 11.3 Å². The molecule has 0 saturated carbocycles. The molecule has 3 aromatic heterocycles. The molecule has 0 spiro atoms. The van der Waals surface area contributed by atoms with E-state index >= 15 is 0 Å². The molecule has 0 saturated heterocycles. The van der Waals surface area contributed by atoms with Crippen LogP contribution in [0.3, 0.4) is 0 Å². The maximum Gasteiger partial charge on any atom is 0.328 e. The number of pyridine rings is 3. The van der Waals surface area contributed by atoms with Crippen molar-refractivity contribution in [3.63, 3.8) is 0 Å². The predicted octanol–water partition coefficient (Wildman–Crippen LogP) is 7.66. The molecule has 3 heterocycles. The molecule has 0 radical (unpaired) electrons. The standard InChI is InChI=1S/C34H28N4O4S2/c1-33(2,31(39)40)44-28-14-17-38-30(29(28)22-9-7-8-21(18-22)19-35)42-32(41)34(3,4)43-27-13-15-36-20-25(27)23-12-16-37-26-11-6-5-10-24(23)26/h5-18,20H,1-4H3,(H,39,40). The van der Waals surface area contributed by atoms with Gasteiger partial charge in [0.15, 0.2) is 0 Å². The van der Waals surface area contributed by atoms with Gasteiger partial charge in [0.2, 0.25) is 5.88 Å². The number of fused-ring (bicyclic) bond motifs is 1. The van der Waals surface area contributed by atoms with E-state index in [4.69, 9.17) is 4.74 Å². The molecule has 0 bridgehead atoms. The number of carbonyl (C=O) groups excluding carboxylic acids is 1. The van der Waals surface area contributed by atoms with Gasteiger partial charge in [-0.1, -0.05) is 30.3 Å². The summed E-state index contributed by atoms with van der Waals surface area (Å²) in [6.45, 7) is 6.74. The first kappa shape index (κ1) is 30.7. The Hall–Kier alpha value is -4.72.